The van der Waals surface area contributed by atoms with Crippen LogP contribution in [0.2, 0.25) is 0 Å². The predicted molar refractivity (Wildman–Crippen MR) is 65.3 cm³/mol. The fourth-order valence-corrected chi connectivity index (χ4v) is 2.77. The Morgan fingerprint density at radius 2 is 2.06 bits per heavy atom. The van der Waals surface area contributed by atoms with Gasteiger partial charge in [0.15, 0.2) is 0 Å². The van der Waals surface area contributed by atoms with Crippen LogP contribution in [0.5, 0.6) is 0 Å². The Morgan fingerprint density at radius 1 is 1.38 bits per heavy atom. The maximum absolute atomic E-state index is 11.5. The second-order valence-electron chi connectivity index (χ2n) is 5.80. The van der Waals surface area contributed by atoms with Gasteiger partial charge in [-0.1, -0.05) is 20.8 Å². The number of carbonyl (C=O) groups is 1. The summed E-state index contributed by atoms with van der Waals surface area (Å²) in [6.45, 7) is 7.69. The predicted octanol–water partition coefficient (Wildman–Crippen LogP) is 2.50. The van der Waals surface area contributed by atoms with Crippen molar-refractivity contribution in [2.75, 3.05) is 13.7 Å². The van der Waals surface area contributed by atoms with Gasteiger partial charge in [-0.25, -0.2) is 0 Å². The quantitative estimate of drug-likeness (QED) is 0.733. The standard InChI is InChI=1S/C13H25NO2/c1-5-8-14-13(9-11(15)16-4)7-6-12(2,3)10-13/h14H,5-10H2,1-4H3. The smallest absolute Gasteiger partial charge is 0.307 e. The third kappa shape index (κ3) is 3.48. The van der Waals surface area contributed by atoms with Crippen molar-refractivity contribution in [2.24, 2.45) is 5.41 Å². The van der Waals surface area contributed by atoms with Crippen molar-refractivity contribution in [3.8, 4) is 0 Å². The van der Waals surface area contributed by atoms with E-state index in [1.54, 1.807) is 0 Å². The van der Waals surface area contributed by atoms with E-state index in [4.69, 9.17) is 4.74 Å². The number of carbonyl (C=O) groups excluding carboxylic acids is 1. The summed E-state index contributed by atoms with van der Waals surface area (Å²) in [6, 6.07) is 0. The van der Waals surface area contributed by atoms with Gasteiger partial charge in [-0.3, -0.25) is 4.79 Å². The van der Waals surface area contributed by atoms with Crippen LogP contribution in [0, 0.1) is 5.41 Å². The van der Waals surface area contributed by atoms with Gasteiger partial charge in [-0.15, -0.1) is 0 Å². The minimum absolute atomic E-state index is 0.0212. The van der Waals surface area contributed by atoms with Crippen LogP contribution in [0.4, 0.5) is 0 Å². The van der Waals surface area contributed by atoms with E-state index in [2.05, 4.69) is 26.1 Å². The summed E-state index contributed by atoms with van der Waals surface area (Å²) >= 11 is 0. The van der Waals surface area contributed by atoms with Crippen LogP contribution in [0.3, 0.4) is 0 Å². The monoisotopic (exact) mass is 227 g/mol. The molecule has 1 fully saturated rings. The lowest BCUT2D eigenvalue weighted by molar-refractivity contribution is -0.142. The van der Waals surface area contributed by atoms with Gasteiger partial charge in [0.2, 0.25) is 0 Å². The van der Waals surface area contributed by atoms with Crippen molar-refractivity contribution in [3.05, 3.63) is 0 Å². The third-order valence-corrected chi connectivity index (χ3v) is 3.56. The highest BCUT2D eigenvalue weighted by Crippen LogP contribution is 2.45. The molecule has 1 N–H and O–H groups in total. The SMILES string of the molecule is CCCNC1(CC(=O)OC)CCC(C)(C)C1. The molecule has 1 atom stereocenters. The van der Waals surface area contributed by atoms with Gasteiger partial charge < -0.3 is 10.1 Å². The first kappa shape index (κ1) is 13.5. The molecule has 1 aliphatic rings. The minimum Gasteiger partial charge on any atom is -0.469 e. The van der Waals surface area contributed by atoms with E-state index in [1.165, 1.54) is 13.5 Å². The average Bonchev–Trinajstić information content (AvgIpc) is 2.52. The molecule has 0 bridgehead atoms. The van der Waals surface area contributed by atoms with Crippen molar-refractivity contribution < 1.29 is 9.53 Å². The fourth-order valence-electron chi connectivity index (χ4n) is 2.77. The Kier molecular flexibility index (Phi) is 4.36. The molecule has 0 aromatic carbocycles. The Balaban J connectivity index is 2.66. The first-order valence-electron chi connectivity index (χ1n) is 6.25. The first-order valence-corrected chi connectivity index (χ1v) is 6.25. The molecule has 0 heterocycles. The average molecular weight is 227 g/mol. The number of methoxy groups -OCH3 is 1. The number of esters is 1. The summed E-state index contributed by atoms with van der Waals surface area (Å²) in [4.78, 5) is 11.5. The Morgan fingerprint density at radius 3 is 2.50 bits per heavy atom. The molecule has 3 heteroatoms. The molecule has 1 aliphatic carbocycles. The number of hydrogen-bond acceptors (Lipinski definition) is 3. The number of hydrogen-bond donors (Lipinski definition) is 1. The number of rotatable bonds is 5. The fraction of sp³-hybridized carbons (Fsp3) is 0.923. The van der Waals surface area contributed by atoms with E-state index in [-0.39, 0.29) is 11.5 Å². The second-order valence-corrected chi connectivity index (χ2v) is 5.80. The van der Waals surface area contributed by atoms with Gasteiger partial charge in [0, 0.05) is 5.54 Å². The molecular weight excluding hydrogens is 202 g/mol. The maximum Gasteiger partial charge on any atom is 0.307 e. The molecule has 94 valence electrons. The molecule has 1 unspecified atom stereocenters. The molecule has 0 aliphatic heterocycles. The molecule has 0 aromatic rings. The molecule has 0 saturated heterocycles. The van der Waals surface area contributed by atoms with Crippen molar-refractivity contribution in [1.82, 2.24) is 5.32 Å². The van der Waals surface area contributed by atoms with Crippen LogP contribution in [0.25, 0.3) is 0 Å². The summed E-state index contributed by atoms with van der Waals surface area (Å²) in [5, 5.41) is 3.56. The lowest BCUT2D eigenvalue weighted by Gasteiger charge is -2.31. The van der Waals surface area contributed by atoms with E-state index in [0.29, 0.717) is 11.8 Å². The first-order chi connectivity index (χ1) is 7.43. The van der Waals surface area contributed by atoms with Crippen LogP contribution in [0.15, 0.2) is 0 Å². The molecule has 0 radical (unpaired) electrons. The van der Waals surface area contributed by atoms with Gasteiger partial charge >= 0.3 is 5.97 Å². The van der Waals surface area contributed by atoms with Gasteiger partial charge in [0.25, 0.3) is 0 Å². The van der Waals surface area contributed by atoms with E-state index in [1.807, 2.05) is 0 Å². The molecule has 3 nitrogen and oxygen atoms in total. The molecule has 16 heavy (non-hydrogen) atoms. The Bertz CT molecular complexity index is 250. The van der Waals surface area contributed by atoms with Gasteiger partial charge in [0.05, 0.1) is 13.5 Å². The molecule has 0 spiro atoms. The Labute approximate surface area is 98.9 Å². The van der Waals surface area contributed by atoms with Crippen LogP contribution in [0.1, 0.15) is 52.9 Å². The van der Waals surface area contributed by atoms with Crippen molar-refractivity contribution in [1.29, 1.82) is 0 Å². The number of nitrogens with one attached hydrogen (secondary N) is 1. The largest absolute Gasteiger partial charge is 0.469 e. The van der Waals surface area contributed by atoms with Gasteiger partial charge in [-0.05, 0) is 37.6 Å². The summed E-state index contributed by atoms with van der Waals surface area (Å²) < 4.78 is 4.81. The lowest BCUT2D eigenvalue weighted by atomic mass is 9.86. The maximum atomic E-state index is 11.5. The van der Waals surface area contributed by atoms with E-state index < -0.39 is 0 Å². The minimum atomic E-state index is -0.0960. The highest BCUT2D eigenvalue weighted by atomic mass is 16.5. The topological polar surface area (TPSA) is 38.3 Å². The molecule has 1 saturated carbocycles. The lowest BCUT2D eigenvalue weighted by Crippen LogP contribution is -2.45. The zero-order valence-corrected chi connectivity index (χ0v) is 11.1. The van der Waals surface area contributed by atoms with E-state index in [0.717, 1.165) is 25.8 Å². The summed E-state index contributed by atoms with van der Waals surface area (Å²) in [7, 11) is 1.47. The van der Waals surface area contributed by atoms with Crippen LogP contribution in [-0.2, 0) is 9.53 Å². The molecule has 0 amide bonds. The van der Waals surface area contributed by atoms with Crippen molar-refractivity contribution >= 4 is 5.97 Å². The molecular formula is C13H25NO2. The summed E-state index contributed by atoms with van der Waals surface area (Å²) in [5.41, 5.74) is 0.321. The van der Waals surface area contributed by atoms with Crippen molar-refractivity contribution in [2.45, 2.75) is 58.4 Å². The molecule has 0 aromatic heterocycles. The van der Waals surface area contributed by atoms with Gasteiger partial charge in [0.1, 0.15) is 0 Å². The third-order valence-electron chi connectivity index (χ3n) is 3.56. The second kappa shape index (κ2) is 5.17. The summed E-state index contributed by atoms with van der Waals surface area (Å²) in [5.74, 6) is -0.0960. The summed E-state index contributed by atoms with van der Waals surface area (Å²) in [6.07, 6.45) is 4.93. The Hall–Kier alpha value is -0.570. The van der Waals surface area contributed by atoms with Gasteiger partial charge in [-0.2, -0.15) is 0 Å². The normalized spacial score (nSPS) is 28.0. The van der Waals surface area contributed by atoms with E-state index in [9.17, 15) is 4.79 Å². The van der Waals surface area contributed by atoms with Crippen molar-refractivity contribution in [3.63, 3.8) is 0 Å². The van der Waals surface area contributed by atoms with Crippen LogP contribution >= 0.6 is 0 Å². The molecule has 1 rings (SSSR count). The highest BCUT2D eigenvalue weighted by molar-refractivity contribution is 5.70. The van der Waals surface area contributed by atoms with Crippen LogP contribution < -0.4 is 5.32 Å². The zero-order chi connectivity index (χ0) is 12.2. The highest BCUT2D eigenvalue weighted by Gasteiger charge is 2.44. The zero-order valence-electron chi connectivity index (χ0n) is 11.1. The van der Waals surface area contributed by atoms with E-state index >= 15 is 0 Å². The number of ether oxygens (including phenoxy) is 1. The van der Waals surface area contributed by atoms with Crippen LogP contribution in [-0.4, -0.2) is 25.2 Å².